The first-order chi connectivity index (χ1) is 8.50. The smallest absolute Gasteiger partial charge is 0.330 e. The highest BCUT2D eigenvalue weighted by Crippen LogP contribution is 2.17. The van der Waals surface area contributed by atoms with E-state index in [4.69, 9.17) is 9.84 Å². The van der Waals surface area contributed by atoms with Crippen molar-refractivity contribution >= 4 is 11.7 Å². The van der Waals surface area contributed by atoms with Gasteiger partial charge in [0.2, 0.25) is 0 Å². The Kier molecular flexibility index (Phi) is 5.24. The fourth-order valence-electron chi connectivity index (χ4n) is 1.38. The third-order valence-corrected chi connectivity index (χ3v) is 2.53. The predicted molar refractivity (Wildman–Crippen MR) is 72.3 cm³/mol. The van der Waals surface area contributed by atoms with Gasteiger partial charge >= 0.3 is 5.97 Å². The summed E-state index contributed by atoms with van der Waals surface area (Å²) >= 11 is 0. The predicted octanol–water partition coefficient (Wildman–Crippen LogP) is 2.55. The van der Waals surface area contributed by atoms with E-state index >= 15 is 0 Å². The van der Waals surface area contributed by atoms with Gasteiger partial charge in [-0.15, -0.1) is 0 Å². The summed E-state index contributed by atoms with van der Waals surface area (Å²) in [4.78, 5) is 12.6. The molecule has 0 saturated carbocycles. The molecule has 0 unspecified atom stereocenters. The molecule has 18 heavy (non-hydrogen) atoms. The summed E-state index contributed by atoms with van der Waals surface area (Å²) < 4.78 is 5.51. The fraction of sp³-hybridized carbons (Fsp3) is 0.357. The van der Waals surface area contributed by atoms with Crippen LogP contribution in [-0.2, 0) is 4.79 Å². The second-order valence-electron chi connectivity index (χ2n) is 4.22. The number of hydrogen-bond acceptors (Lipinski definition) is 3. The summed E-state index contributed by atoms with van der Waals surface area (Å²) in [5.74, 6) is -0.0905. The lowest BCUT2D eigenvalue weighted by Gasteiger charge is -2.12. The van der Waals surface area contributed by atoms with Crippen LogP contribution in [0.1, 0.15) is 13.3 Å². The van der Waals surface area contributed by atoms with Gasteiger partial charge in [-0.3, -0.25) is 0 Å². The van der Waals surface area contributed by atoms with Gasteiger partial charge in [-0.05, 0) is 31.2 Å². The van der Waals surface area contributed by atoms with Crippen molar-refractivity contribution in [3.05, 3.63) is 35.9 Å². The van der Waals surface area contributed by atoms with E-state index in [2.05, 4.69) is 0 Å². The van der Waals surface area contributed by atoms with Gasteiger partial charge < -0.3 is 14.7 Å². The van der Waals surface area contributed by atoms with E-state index in [-0.39, 0.29) is 0 Å². The number of rotatable bonds is 6. The number of hydrogen-bond donors (Lipinski definition) is 1. The minimum atomic E-state index is -0.884. The molecule has 0 bridgehead atoms. The molecule has 4 heteroatoms. The van der Waals surface area contributed by atoms with Crippen LogP contribution in [0.4, 0.5) is 5.69 Å². The molecule has 98 valence electrons. The van der Waals surface area contributed by atoms with Crippen LogP contribution in [0.25, 0.3) is 0 Å². The Morgan fingerprint density at radius 2 is 1.94 bits per heavy atom. The Hall–Kier alpha value is -1.97. The second kappa shape index (κ2) is 6.69. The number of anilines is 1. The Morgan fingerprint density at radius 3 is 2.44 bits per heavy atom. The van der Waals surface area contributed by atoms with Crippen molar-refractivity contribution in [1.82, 2.24) is 0 Å². The molecule has 0 aromatic heterocycles. The highest BCUT2D eigenvalue weighted by molar-refractivity contribution is 5.85. The number of aliphatic carboxylic acids is 1. The second-order valence-corrected chi connectivity index (χ2v) is 4.22. The third kappa shape index (κ3) is 4.49. The van der Waals surface area contributed by atoms with Crippen LogP contribution in [0.15, 0.2) is 35.9 Å². The summed E-state index contributed by atoms with van der Waals surface area (Å²) in [5, 5.41) is 8.67. The summed E-state index contributed by atoms with van der Waals surface area (Å²) in [6, 6.07) is 7.77. The number of carbonyl (C=O) groups is 1. The average Bonchev–Trinajstić information content (AvgIpc) is 2.34. The number of carboxylic acids is 1. The van der Waals surface area contributed by atoms with Crippen molar-refractivity contribution < 1.29 is 14.6 Å². The molecule has 0 saturated heterocycles. The van der Waals surface area contributed by atoms with E-state index in [1.54, 1.807) is 13.0 Å². The van der Waals surface area contributed by atoms with Gasteiger partial charge in [-0.2, -0.15) is 0 Å². The molecule has 0 atom stereocenters. The Bertz CT molecular complexity index is 421. The molecular weight excluding hydrogens is 230 g/mol. The molecule has 4 nitrogen and oxygen atoms in total. The maximum Gasteiger partial charge on any atom is 0.330 e. The molecule has 1 rings (SSSR count). The SMILES string of the molecule is C/C(=C\CCOc1ccc(N(C)C)cc1)C(=O)O. The van der Waals surface area contributed by atoms with E-state index in [1.165, 1.54) is 0 Å². The van der Waals surface area contributed by atoms with Gasteiger partial charge in [0.25, 0.3) is 0 Å². The lowest BCUT2D eigenvalue weighted by Crippen LogP contribution is -2.08. The van der Waals surface area contributed by atoms with Gasteiger partial charge in [0.1, 0.15) is 5.75 Å². The van der Waals surface area contributed by atoms with Gasteiger partial charge in [0.15, 0.2) is 0 Å². The van der Waals surface area contributed by atoms with E-state index in [9.17, 15) is 4.79 Å². The summed E-state index contributed by atoms with van der Waals surface area (Å²) in [6.07, 6.45) is 2.25. The topological polar surface area (TPSA) is 49.8 Å². The lowest BCUT2D eigenvalue weighted by molar-refractivity contribution is -0.132. The summed E-state index contributed by atoms with van der Waals surface area (Å²) in [7, 11) is 3.96. The molecule has 1 aromatic rings. The fourth-order valence-corrected chi connectivity index (χ4v) is 1.38. The van der Waals surface area contributed by atoms with Crippen molar-refractivity contribution in [2.75, 3.05) is 25.6 Å². The van der Waals surface area contributed by atoms with Crippen molar-refractivity contribution in [3.63, 3.8) is 0 Å². The normalized spacial score (nSPS) is 11.2. The lowest BCUT2D eigenvalue weighted by atomic mass is 10.2. The minimum Gasteiger partial charge on any atom is -0.493 e. The zero-order chi connectivity index (χ0) is 13.5. The highest BCUT2D eigenvalue weighted by Gasteiger charge is 1.99. The monoisotopic (exact) mass is 249 g/mol. The van der Waals surface area contributed by atoms with Crippen molar-refractivity contribution in [3.8, 4) is 5.75 Å². The van der Waals surface area contributed by atoms with E-state index in [0.29, 0.717) is 18.6 Å². The molecule has 0 aliphatic rings. The third-order valence-electron chi connectivity index (χ3n) is 2.53. The largest absolute Gasteiger partial charge is 0.493 e. The van der Waals surface area contributed by atoms with Gasteiger partial charge in [-0.25, -0.2) is 4.79 Å². The highest BCUT2D eigenvalue weighted by atomic mass is 16.5. The average molecular weight is 249 g/mol. The summed E-state index contributed by atoms with van der Waals surface area (Å²) in [6.45, 7) is 2.06. The molecular formula is C14H19NO3. The van der Waals surface area contributed by atoms with Gasteiger partial charge in [0.05, 0.1) is 6.61 Å². The molecule has 0 aliphatic carbocycles. The van der Waals surface area contributed by atoms with Crippen LogP contribution in [0.5, 0.6) is 5.75 Å². The summed E-state index contributed by atoms with van der Waals surface area (Å²) in [5.41, 5.74) is 1.46. The maximum absolute atomic E-state index is 10.6. The maximum atomic E-state index is 10.6. The van der Waals surface area contributed by atoms with E-state index in [0.717, 1.165) is 11.4 Å². The van der Waals surface area contributed by atoms with Crippen molar-refractivity contribution in [1.29, 1.82) is 0 Å². The van der Waals surface area contributed by atoms with Crippen LogP contribution >= 0.6 is 0 Å². The molecule has 1 N–H and O–H groups in total. The Balaban J connectivity index is 2.40. The zero-order valence-corrected chi connectivity index (χ0v) is 11.0. The molecule has 0 spiro atoms. The minimum absolute atomic E-state index is 0.349. The standard InChI is InChI=1S/C14H19NO3/c1-11(14(16)17)5-4-10-18-13-8-6-12(7-9-13)15(2)3/h5-9H,4,10H2,1-3H3,(H,16,17)/b11-5+. The van der Waals surface area contributed by atoms with Crippen LogP contribution in [0, 0.1) is 0 Å². The van der Waals surface area contributed by atoms with E-state index < -0.39 is 5.97 Å². The first-order valence-electron chi connectivity index (χ1n) is 5.81. The number of ether oxygens (including phenoxy) is 1. The van der Waals surface area contributed by atoms with Crippen LogP contribution < -0.4 is 9.64 Å². The molecule has 0 aliphatic heterocycles. The van der Waals surface area contributed by atoms with Crippen molar-refractivity contribution in [2.45, 2.75) is 13.3 Å². The zero-order valence-electron chi connectivity index (χ0n) is 11.0. The molecule has 0 amide bonds. The first kappa shape index (κ1) is 14.1. The van der Waals surface area contributed by atoms with Crippen LogP contribution in [-0.4, -0.2) is 31.8 Å². The number of benzene rings is 1. The van der Waals surface area contributed by atoms with Crippen LogP contribution in [0.3, 0.4) is 0 Å². The van der Waals surface area contributed by atoms with Gasteiger partial charge in [-0.1, -0.05) is 6.08 Å². The van der Waals surface area contributed by atoms with E-state index in [1.807, 2.05) is 43.3 Å². The Morgan fingerprint density at radius 1 is 1.33 bits per heavy atom. The number of nitrogens with zero attached hydrogens (tertiary/aromatic N) is 1. The first-order valence-corrected chi connectivity index (χ1v) is 5.81. The molecule has 0 heterocycles. The molecule has 0 fully saturated rings. The van der Waals surface area contributed by atoms with Crippen molar-refractivity contribution in [2.24, 2.45) is 0 Å². The van der Waals surface area contributed by atoms with Crippen LogP contribution in [0.2, 0.25) is 0 Å². The van der Waals surface area contributed by atoms with Gasteiger partial charge in [0, 0.05) is 31.8 Å². The molecule has 1 aromatic carbocycles. The Labute approximate surface area is 107 Å². The molecule has 0 radical (unpaired) electrons. The quantitative estimate of drug-likeness (QED) is 0.622. The number of carboxylic acid groups (broad SMARTS) is 1.